The van der Waals surface area contributed by atoms with Crippen LogP contribution in [0.4, 0.5) is 8.78 Å². The Kier molecular flexibility index (Phi) is 6.18. The van der Waals surface area contributed by atoms with Crippen molar-refractivity contribution < 1.29 is 18.6 Å². The van der Waals surface area contributed by atoms with Gasteiger partial charge in [0.15, 0.2) is 0 Å². The molecule has 0 spiro atoms. The maximum absolute atomic E-state index is 12.3. The van der Waals surface area contributed by atoms with Gasteiger partial charge in [-0.1, -0.05) is 32.0 Å². The first kappa shape index (κ1) is 15.9. The summed E-state index contributed by atoms with van der Waals surface area (Å²) in [6, 6.07) is 6.49. The maximum Gasteiger partial charge on any atom is 0.387 e. The average molecular weight is 273 g/mol. The zero-order chi connectivity index (χ0) is 14.4. The summed E-state index contributed by atoms with van der Waals surface area (Å²) in [6.45, 7) is 3.26. The van der Waals surface area contributed by atoms with E-state index in [1.54, 1.807) is 18.2 Å². The molecule has 1 aromatic carbocycles. The normalized spacial score (nSPS) is 14.7. The molecule has 0 heterocycles. The number of halogens is 2. The fourth-order valence-corrected chi connectivity index (χ4v) is 1.68. The Morgan fingerprint density at radius 3 is 2.42 bits per heavy atom. The third kappa shape index (κ3) is 5.12. The lowest BCUT2D eigenvalue weighted by Crippen LogP contribution is -2.32. The van der Waals surface area contributed by atoms with Gasteiger partial charge in [-0.3, -0.25) is 0 Å². The quantitative estimate of drug-likeness (QED) is 0.802. The summed E-state index contributed by atoms with van der Waals surface area (Å²) in [5.41, 5.74) is 0.652. The highest BCUT2D eigenvalue weighted by molar-refractivity contribution is 5.35. The number of benzene rings is 1. The fourth-order valence-electron chi connectivity index (χ4n) is 1.68. The molecule has 0 aliphatic carbocycles. The Morgan fingerprint density at radius 2 is 1.84 bits per heavy atom. The first-order valence-electron chi connectivity index (χ1n) is 6.37. The number of alkyl halides is 2. The number of aliphatic hydroxyl groups excluding tert-OH is 1. The van der Waals surface area contributed by atoms with Gasteiger partial charge in [0, 0.05) is 18.2 Å². The summed E-state index contributed by atoms with van der Waals surface area (Å²) in [4.78, 5) is 0. The van der Waals surface area contributed by atoms with Crippen LogP contribution in [0.15, 0.2) is 24.3 Å². The van der Waals surface area contributed by atoms with E-state index in [1.165, 1.54) is 6.07 Å². The molecule has 19 heavy (non-hydrogen) atoms. The van der Waals surface area contributed by atoms with Crippen LogP contribution in [-0.2, 0) is 0 Å². The van der Waals surface area contributed by atoms with E-state index >= 15 is 0 Å². The van der Waals surface area contributed by atoms with Crippen LogP contribution in [0.3, 0.4) is 0 Å². The minimum atomic E-state index is -2.84. The Balaban J connectivity index is 2.68. The minimum Gasteiger partial charge on any atom is -0.434 e. The van der Waals surface area contributed by atoms with E-state index in [2.05, 4.69) is 10.1 Å². The molecule has 108 valence electrons. The second-order valence-corrected chi connectivity index (χ2v) is 4.86. The maximum atomic E-state index is 12.3. The molecule has 3 nitrogen and oxygen atoms in total. The van der Waals surface area contributed by atoms with Crippen LogP contribution in [0.1, 0.15) is 32.4 Å². The smallest absolute Gasteiger partial charge is 0.387 e. The summed E-state index contributed by atoms with van der Waals surface area (Å²) in [6.07, 6.45) is -0.467. The fraction of sp³-hybridized carbons (Fsp3) is 0.571. The van der Waals surface area contributed by atoms with Crippen LogP contribution in [-0.4, -0.2) is 24.4 Å². The second-order valence-electron chi connectivity index (χ2n) is 4.86. The number of hydrogen-bond acceptors (Lipinski definition) is 3. The predicted octanol–water partition coefficient (Wildman–Crippen LogP) is 2.96. The molecule has 2 atom stereocenters. The number of ether oxygens (including phenoxy) is 1. The predicted molar refractivity (Wildman–Crippen MR) is 70.3 cm³/mol. The topological polar surface area (TPSA) is 41.5 Å². The number of aliphatic hydroxyl groups is 1. The lowest BCUT2D eigenvalue weighted by atomic mass is 10.0. The number of nitrogens with one attached hydrogen (secondary N) is 1. The van der Waals surface area contributed by atoms with Gasteiger partial charge in [0.25, 0.3) is 0 Å². The summed E-state index contributed by atoms with van der Waals surface area (Å²) in [7, 11) is 0. The third-order valence-electron chi connectivity index (χ3n) is 3.00. The first-order valence-corrected chi connectivity index (χ1v) is 6.37. The van der Waals surface area contributed by atoms with Crippen molar-refractivity contribution >= 4 is 0 Å². The molecule has 0 radical (unpaired) electrons. The van der Waals surface area contributed by atoms with Crippen molar-refractivity contribution in [3.63, 3.8) is 0 Å². The SMILES string of the molecule is CC(NCC(O)C(C)C)c1ccccc1OC(F)F. The Hall–Kier alpha value is -1.20. The molecule has 1 aromatic rings. The number of para-hydroxylation sites is 1. The molecule has 0 saturated heterocycles. The molecule has 0 aromatic heterocycles. The first-order chi connectivity index (χ1) is 8.91. The van der Waals surface area contributed by atoms with Crippen LogP contribution in [0.25, 0.3) is 0 Å². The van der Waals surface area contributed by atoms with Gasteiger partial charge in [-0.25, -0.2) is 0 Å². The van der Waals surface area contributed by atoms with Crippen molar-refractivity contribution in [2.24, 2.45) is 5.92 Å². The lowest BCUT2D eigenvalue weighted by Gasteiger charge is -2.21. The van der Waals surface area contributed by atoms with Crippen LogP contribution in [0.5, 0.6) is 5.75 Å². The van der Waals surface area contributed by atoms with Crippen molar-refractivity contribution in [3.8, 4) is 5.75 Å². The molecular weight excluding hydrogens is 252 g/mol. The summed E-state index contributed by atoms with van der Waals surface area (Å²) in [5.74, 6) is 0.309. The van der Waals surface area contributed by atoms with Crippen LogP contribution < -0.4 is 10.1 Å². The summed E-state index contributed by atoms with van der Waals surface area (Å²) < 4.78 is 29.1. The highest BCUT2D eigenvalue weighted by atomic mass is 19.3. The summed E-state index contributed by atoms with van der Waals surface area (Å²) >= 11 is 0. The summed E-state index contributed by atoms with van der Waals surface area (Å²) in [5, 5.41) is 12.8. The van der Waals surface area contributed by atoms with E-state index in [0.717, 1.165) is 0 Å². The minimum absolute atomic E-state index is 0.146. The van der Waals surface area contributed by atoms with E-state index in [1.807, 2.05) is 20.8 Å². The Morgan fingerprint density at radius 1 is 1.21 bits per heavy atom. The number of hydrogen-bond donors (Lipinski definition) is 2. The van der Waals surface area contributed by atoms with Crippen molar-refractivity contribution in [1.29, 1.82) is 0 Å². The van der Waals surface area contributed by atoms with E-state index in [4.69, 9.17) is 0 Å². The number of rotatable bonds is 7. The third-order valence-corrected chi connectivity index (χ3v) is 3.00. The highest BCUT2D eigenvalue weighted by Gasteiger charge is 2.16. The van der Waals surface area contributed by atoms with Gasteiger partial charge >= 0.3 is 6.61 Å². The van der Waals surface area contributed by atoms with Crippen LogP contribution in [0.2, 0.25) is 0 Å². The van der Waals surface area contributed by atoms with Crippen molar-refractivity contribution in [2.45, 2.75) is 39.5 Å². The Labute approximate surface area is 112 Å². The Bertz CT molecular complexity index is 385. The molecular formula is C14H21F2NO2. The van der Waals surface area contributed by atoms with Crippen molar-refractivity contribution in [2.75, 3.05) is 6.54 Å². The van der Waals surface area contributed by atoms with Crippen molar-refractivity contribution in [1.82, 2.24) is 5.32 Å². The van der Waals surface area contributed by atoms with E-state index in [0.29, 0.717) is 12.1 Å². The lowest BCUT2D eigenvalue weighted by molar-refractivity contribution is -0.0507. The molecule has 0 bridgehead atoms. The standard InChI is InChI=1S/C14H21F2NO2/c1-9(2)12(18)8-17-10(3)11-6-4-5-7-13(11)19-14(15)16/h4-7,9-10,12,14,17-18H,8H2,1-3H3. The molecule has 0 saturated carbocycles. The largest absolute Gasteiger partial charge is 0.434 e. The molecule has 1 rings (SSSR count). The van der Waals surface area contributed by atoms with Gasteiger partial charge in [0.1, 0.15) is 5.75 Å². The van der Waals surface area contributed by atoms with Crippen molar-refractivity contribution in [3.05, 3.63) is 29.8 Å². The van der Waals surface area contributed by atoms with E-state index in [-0.39, 0.29) is 17.7 Å². The van der Waals surface area contributed by atoms with Crippen LogP contribution in [0, 0.1) is 5.92 Å². The van der Waals surface area contributed by atoms with Gasteiger partial charge in [0.05, 0.1) is 6.10 Å². The molecule has 0 aliphatic heterocycles. The molecule has 0 fully saturated rings. The molecule has 0 aliphatic rings. The van der Waals surface area contributed by atoms with Gasteiger partial charge in [-0.05, 0) is 18.9 Å². The van der Waals surface area contributed by atoms with Gasteiger partial charge < -0.3 is 15.2 Å². The molecule has 0 amide bonds. The van der Waals surface area contributed by atoms with E-state index in [9.17, 15) is 13.9 Å². The molecule has 2 unspecified atom stereocenters. The second kappa shape index (κ2) is 7.40. The van der Waals surface area contributed by atoms with Gasteiger partial charge in [-0.2, -0.15) is 8.78 Å². The zero-order valence-electron chi connectivity index (χ0n) is 11.4. The van der Waals surface area contributed by atoms with Crippen LogP contribution >= 0.6 is 0 Å². The monoisotopic (exact) mass is 273 g/mol. The highest BCUT2D eigenvalue weighted by Crippen LogP contribution is 2.26. The molecule has 5 heteroatoms. The molecule has 2 N–H and O–H groups in total. The zero-order valence-corrected chi connectivity index (χ0v) is 11.4. The van der Waals surface area contributed by atoms with E-state index < -0.39 is 12.7 Å². The van der Waals surface area contributed by atoms with Gasteiger partial charge in [-0.15, -0.1) is 0 Å². The van der Waals surface area contributed by atoms with Gasteiger partial charge in [0.2, 0.25) is 0 Å². The average Bonchev–Trinajstić information content (AvgIpc) is 2.35.